The first kappa shape index (κ1) is 21.1. The normalized spacial score (nSPS) is 15.9. The van der Waals surface area contributed by atoms with Crippen LogP contribution in [0.25, 0.3) is 0 Å². The predicted octanol–water partition coefficient (Wildman–Crippen LogP) is 3.66. The van der Waals surface area contributed by atoms with Crippen LogP contribution in [0.2, 0.25) is 0 Å². The molecule has 0 radical (unpaired) electrons. The SMILES string of the molecule is CCN(CC)CC(=O)N1CCc2cc(OC)c(OC)cc2C1c1ccc(F)cc1. The van der Waals surface area contributed by atoms with Crippen LogP contribution in [0, 0.1) is 5.82 Å². The zero-order chi connectivity index (χ0) is 21.0. The van der Waals surface area contributed by atoms with Gasteiger partial charge in [-0.1, -0.05) is 26.0 Å². The van der Waals surface area contributed by atoms with Crippen LogP contribution in [0.1, 0.15) is 36.6 Å². The number of likely N-dealkylation sites (N-methyl/N-ethyl adjacent to an activating group) is 1. The number of hydrogen-bond acceptors (Lipinski definition) is 4. The lowest BCUT2D eigenvalue weighted by atomic mass is 9.87. The zero-order valence-electron chi connectivity index (χ0n) is 17.6. The molecule has 5 nitrogen and oxygen atoms in total. The summed E-state index contributed by atoms with van der Waals surface area (Å²) in [5.74, 6) is 1.07. The number of methoxy groups -OCH3 is 2. The quantitative estimate of drug-likeness (QED) is 0.711. The van der Waals surface area contributed by atoms with E-state index in [2.05, 4.69) is 18.7 Å². The van der Waals surface area contributed by atoms with Crippen molar-refractivity contribution in [2.24, 2.45) is 0 Å². The number of rotatable bonds is 7. The average molecular weight is 400 g/mol. The first-order chi connectivity index (χ1) is 14.0. The van der Waals surface area contributed by atoms with Crippen LogP contribution in [-0.4, -0.2) is 56.1 Å². The number of benzene rings is 2. The number of amides is 1. The van der Waals surface area contributed by atoms with Crippen LogP contribution in [-0.2, 0) is 11.2 Å². The van der Waals surface area contributed by atoms with Crippen LogP contribution in [0.15, 0.2) is 36.4 Å². The van der Waals surface area contributed by atoms with Crippen molar-refractivity contribution in [1.82, 2.24) is 9.80 Å². The van der Waals surface area contributed by atoms with Crippen LogP contribution in [0.4, 0.5) is 4.39 Å². The van der Waals surface area contributed by atoms with Crippen LogP contribution in [0.3, 0.4) is 0 Å². The molecule has 3 rings (SSSR count). The van der Waals surface area contributed by atoms with Gasteiger partial charge in [-0.15, -0.1) is 0 Å². The number of carbonyl (C=O) groups excluding carboxylic acids is 1. The summed E-state index contributed by atoms with van der Waals surface area (Å²) in [5, 5.41) is 0. The van der Waals surface area contributed by atoms with E-state index < -0.39 is 0 Å². The maximum atomic E-state index is 13.6. The summed E-state index contributed by atoms with van der Waals surface area (Å²) in [6, 6.07) is 10.0. The summed E-state index contributed by atoms with van der Waals surface area (Å²) in [6.07, 6.45) is 0.734. The Morgan fingerprint density at radius 2 is 1.72 bits per heavy atom. The van der Waals surface area contributed by atoms with E-state index in [1.807, 2.05) is 17.0 Å². The molecule has 0 fully saturated rings. The third-order valence-electron chi connectivity index (χ3n) is 5.63. The Kier molecular flexibility index (Phi) is 6.75. The molecule has 6 heteroatoms. The van der Waals surface area contributed by atoms with E-state index in [-0.39, 0.29) is 17.8 Å². The van der Waals surface area contributed by atoms with Gasteiger partial charge >= 0.3 is 0 Å². The minimum absolute atomic E-state index is 0.0726. The van der Waals surface area contributed by atoms with E-state index in [4.69, 9.17) is 9.47 Å². The summed E-state index contributed by atoms with van der Waals surface area (Å²) in [6.45, 7) is 6.71. The topological polar surface area (TPSA) is 42.0 Å². The van der Waals surface area contributed by atoms with E-state index in [1.165, 1.54) is 12.1 Å². The molecule has 0 bridgehead atoms. The van der Waals surface area contributed by atoms with Gasteiger partial charge in [0.05, 0.1) is 26.8 Å². The van der Waals surface area contributed by atoms with Gasteiger partial charge in [0.25, 0.3) is 0 Å². The molecular weight excluding hydrogens is 371 g/mol. The Morgan fingerprint density at radius 3 is 2.31 bits per heavy atom. The summed E-state index contributed by atoms with van der Waals surface area (Å²) >= 11 is 0. The van der Waals surface area contributed by atoms with E-state index in [0.717, 1.165) is 36.2 Å². The fourth-order valence-corrected chi connectivity index (χ4v) is 3.95. The van der Waals surface area contributed by atoms with E-state index >= 15 is 0 Å². The predicted molar refractivity (Wildman–Crippen MR) is 111 cm³/mol. The summed E-state index contributed by atoms with van der Waals surface area (Å²) in [5.41, 5.74) is 2.99. The maximum Gasteiger partial charge on any atom is 0.237 e. The standard InChI is InChI=1S/C23H29FN2O3/c1-5-25(6-2)15-22(27)26-12-11-17-13-20(28-3)21(29-4)14-19(17)23(26)16-7-9-18(24)10-8-16/h7-10,13-14,23H,5-6,11-12,15H2,1-4H3. The minimum atomic E-state index is -0.293. The van der Waals surface area contributed by atoms with Crippen molar-refractivity contribution in [2.75, 3.05) is 40.4 Å². The number of halogens is 1. The molecule has 0 saturated heterocycles. The van der Waals surface area contributed by atoms with Gasteiger partial charge in [-0.3, -0.25) is 9.69 Å². The van der Waals surface area contributed by atoms with Crippen LogP contribution >= 0.6 is 0 Å². The lowest BCUT2D eigenvalue weighted by Gasteiger charge is -2.39. The van der Waals surface area contributed by atoms with Crippen LogP contribution in [0.5, 0.6) is 11.5 Å². The molecule has 1 heterocycles. The summed E-state index contributed by atoms with van der Waals surface area (Å²) in [7, 11) is 3.22. The first-order valence-corrected chi connectivity index (χ1v) is 10.0. The van der Waals surface area contributed by atoms with Crippen molar-refractivity contribution in [1.29, 1.82) is 0 Å². The molecule has 1 aliphatic heterocycles. The van der Waals surface area contributed by atoms with Gasteiger partial charge in [0, 0.05) is 6.54 Å². The Labute approximate surface area is 172 Å². The first-order valence-electron chi connectivity index (χ1n) is 10.0. The van der Waals surface area contributed by atoms with Crippen molar-refractivity contribution < 1.29 is 18.7 Å². The highest BCUT2D eigenvalue weighted by Crippen LogP contribution is 2.41. The molecule has 1 atom stereocenters. The fourth-order valence-electron chi connectivity index (χ4n) is 3.95. The third-order valence-corrected chi connectivity index (χ3v) is 5.63. The van der Waals surface area contributed by atoms with Gasteiger partial charge in [-0.05, 0) is 60.5 Å². The second-order valence-corrected chi connectivity index (χ2v) is 7.16. The molecule has 2 aromatic rings. The Balaban J connectivity index is 2.06. The zero-order valence-corrected chi connectivity index (χ0v) is 17.6. The van der Waals surface area contributed by atoms with Crippen molar-refractivity contribution in [3.63, 3.8) is 0 Å². The van der Waals surface area contributed by atoms with E-state index in [1.54, 1.807) is 26.4 Å². The number of ether oxygens (including phenoxy) is 2. The molecule has 1 aliphatic rings. The number of carbonyl (C=O) groups is 1. The third kappa shape index (κ3) is 4.37. The largest absolute Gasteiger partial charge is 0.493 e. The van der Waals surface area contributed by atoms with E-state index in [0.29, 0.717) is 24.6 Å². The Morgan fingerprint density at radius 1 is 1.10 bits per heavy atom. The van der Waals surface area contributed by atoms with Crippen molar-refractivity contribution in [3.05, 3.63) is 58.9 Å². The molecule has 0 N–H and O–H groups in total. The monoisotopic (exact) mass is 400 g/mol. The van der Waals surface area contributed by atoms with Gasteiger partial charge < -0.3 is 14.4 Å². The molecule has 0 spiro atoms. The van der Waals surface area contributed by atoms with Gasteiger partial charge in [0.1, 0.15) is 5.82 Å². The number of nitrogens with zero attached hydrogens (tertiary/aromatic N) is 2. The van der Waals surface area contributed by atoms with Gasteiger partial charge in [-0.2, -0.15) is 0 Å². The van der Waals surface area contributed by atoms with Crippen molar-refractivity contribution >= 4 is 5.91 Å². The molecule has 0 aliphatic carbocycles. The Hall–Kier alpha value is -2.60. The van der Waals surface area contributed by atoms with Crippen LogP contribution < -0.4 is 9.47 Å². The van der Waals surface area contributed by atoms with Crippen molar-refractivity contribution in [3.8, 4) is 11.5 Å². The molecule has 1 amide bonds. The second-order valence-electron chi connectivity index (χ2n) is 7.16. The molecule has 0 aromatic heterocycles. The average Bonchev–Trinajstić information content (AvgIpc) is 2.76. The highest BCUT2D eigenvalue weighted by atomic mass is 19.1. The lowest BCUT2D eigenvalue weighted by Crippen LogP contribution is -2.45. The Bertz CT molecular complexity index is 850. The molecule has 156 valence electrons. The molecular formula is C23H29FN2O3. The van der Waals surface area contributed by atoms with Gasteiger partial charge in [-0.25, -0.2) is 4.39 Å². The molecule has 29 heavy (non-hydrogen) atoms. The van der Waals surface area contributed by atoms with Gasteiger partial charge in [0.2, 0.25) is 5.91 Å². The summed E-state index contributed by atoms with van der Waals surface area (Å²) in [4.78, 5) is 17.2. The molecule has 0 saturated carbocycles. The van der Waals surface area contributed by atoms with Crippen molar-refractivity contribution in [2.45, 2.75) is 26.3 Å². The minimum Gasteiger partial charge on any atom is -0.493 e. The highest BCUT2D eigenvalue weighted by molar-refractivity contribution is 5.80. The number of fused-ring (bicyclic) bond motifs is 1. The number of hydrogen-bond donors (Lipinski definition) is 0. The maximum absolute atomic E-state index is 13.6. The fraction of sp³-hybridized carbons (Fsp3) is 0.435. The van der Waals surface area contributed by atoms with Gasteiger partial charge in [0.15, 0.2) is 11.5 Å². The van der Waals surface area contributed by atoms with E-state index in [9.17, 15) is 9.18 Å². The smallest absolute Gasteiger partial charge is 0.237 e. The lowest BCUT2D eigenvalue weighted by molar-refractivity contribution is -0.134. The highest BCUT2D eigenvalue weighted by Gasteiger charge is 2.33. The molecule has 1 unspecified atom stereocenters. The summed E-state index contributed by atoms with van der Waals surface area (Å²) < 4.78 is 24.5. The second kappa shape index (κ2) is 9.27. The molecule has 2 aromatic carbocycles.